The minimum atomic E-state index is -0.812. The zero-order valence-electron chi connectivity index (χ0n) is 5.90. The highest BCUT2D eigenvalue weighted by Gasteiger charge is 2.31. The Morgan fingerprint density at radius 2 is 2.10 bits per heavy atom. The van der Waals surface area contributed by atoms with Gasteiger partial charge in [-0.25, -0.2) is 0 Å². The summed E-state index contributed by atoms with van der Waals surface area (Å²) in [5.41, 5.74) is 5.47. The monoisotopic (exact) mass is 147 g/mol. The van der Waals surface area contributed by atoms with E-state index in [2.05, 4.69) is 0 Å². The van der Waals surface area contributed by atoms with Gasteiger partial charge in [0, 0.05) is 12.5 Å². The Kier molecular flexibility index (Phi) is 2.25. The molecule has 0 saturated carbocycles. The molecule has 10 heavy (non-hydrogen) atoms. The molecule has 0 bridgehead atoms. The molecule has 0 amide bonds. The average Bonchev–Trinajstić information content (AvgIpc) is 1.82. The van der Waals surface area contributed by atoms with E-state index >= 15 is 0 Å². The molecule has 1 heterocycles. The lowest BCUT2D eigenvalue weighted by atomic mass is 10.0. The fraction of sp³-hybridized carbons (Fsp3) is 1.00. The minimum Gasteiger partial charge on any atom is -0.389 e. The fourth-order valence-electron chi connectivity index (χ4n) is 1.10. The molecule has 0 radical (unpaired) electrons. The first-order valence-corrected chi connectivity index (χ1v) is 3.38. The molecule has 4 nitrogen and oxygen atoms in total. The molecule has 0 aliphatic carbocycles. The Bertz CT molecular complexity index is 108. The Morgan fingerprint density at radius 3 is 2.60 bits per heavy atom. The second-order valence-electron chi connectivity index (χ2n) is 2.69. The number of ether oxygens (including phenoxy) is 1. The Morgan fingerprint density at radius 1 is 1.50 bits per heavy atom. The SMILES string of the molecule is C[C@H]1OC(O)C[C@@H](N)[C@@H]1O. The van der Waals surface area contributed by atoms with E-state index in [1.165, 1.54) is 0 Å². The largest absolute Gasteiger partial charge is 0.389 e. The number of hydrogen-bond donors (Lipinski definition) is 3. The minimum absolute atomic E-state index is 0.311. The van der Waals surface area contributed by atoms with Crippen LogP contribution in [0.4, 0.5) is 0 Å². The highest BCUT2D eigenvalue weighted by molar-refractivity contribution is 4.82. The van der Waals surface area contributed by atoms with E-state index in [4.69, 9.17) is 15.6 Å². The Labute approximate surface area is 59.6 Å². The second-order valence-corrected chi connectivity index (χ2v) is 2.69. The van der Waals surface area contributed by atoms with Crippen molar-refractivity contribution in [3.05, 3.63) is 0 Å². The van der Waals surface area contributed by atoms with E-state index in [0.29, 0.717) is 6.42 Å². The van der Waals surface area contributed by atoms with E-state index in [1.807, 2.05) is 0 Å². The Balaban J connectivity index is 2.49. The van der Waals surface area contributed by atoms with E-state index in [9.17, 15) is 5.11 Å². The molecule has 1 fully saturated rings. The van der Waals surface area contributed by atoms with Gasteiger partial charge in [-0.05, 0) is 6.92 Å². The maximum Gasteiger partial charge on any atom is 0.156 e. The van der Waals surface area contributed by atoms with Gasteiger partial charge in [-0.3, -0.25) is 0 Å². The second kappa shape index (κ2) is 2.84. The third-order valence-electron chi connectivity index (χ3n) is 1.77. The van der Waals surface area contributed by atoms with E-state index < -0.39 is 12.4 Å². The van der Waals surface area contributed by atoms with Gasteiger partial charge in [-0.2, -0.15) is 0 Å². The number of aliphatic hydroxyl groups excluding tert-OH is 2. The van der Waals surface area contributed by atoms with E-state index in [0.717, 1.165) is 0 Å². The van der Waals surface area contributed by atoms with Crippen molar-refractivity contribution in [1.29, 1.82) is 0 Å². The first kappa shape index (κ1) is 7.94. The molecule has 0 aromatic carbocycles. The van der Waals surface area contributed by atoms with Crippen LogP contribution in [0, 0.1) is 0 Å². The van der Waals surface area contributed by atoms with E-state index in [-0.39, 0.29) is 12.1 Å². The molecule has 0 aromatic heterocycles. The van der Waals surface area contributed by atoms with Gasteiger partial charge in [0.05, 0.1) is 12.2 Å². The number of rotatable bonds is 0. The third kappa shape index (κ3) is 1.46. The van der Waals surface area contributed by atoms with Gasteiger partial charge >= 0.3 is 0 Å². The molecule has 1 aliphatic rings. The van der Waals surface area contributed by atoms with Crippen molar-refractivity contribution in [2.45, 2.75) is 37.9 Å². The molecule has 1 unspecified atom stereocenters. The zero-order valence-corrected chi connectivity index (χ0v) is 5.90. The highest BCUT2D eigenvalue weighted by Crippen LogP contribution is 2.16. The van der Waals surface area contributed by atoms with Crippen LogP contribution >= 0.6 is 0 Å². The van der Waals surface area contributed by atoms with Crippen molar-refractivity contribution in [1.82, 2.24) is 0 Å². The summed E-state index contributed by atoms with van der Waals surface area (Å²) in [5, 5.41) is 18.2. The van der Waals surface area contributed by atoms with Gasteiger partial charge in [0.2, 0.25) is 0 Å². The van der Waals surface area contributed by atoms with Crippen LogP contribution in [0.2, 0.25) is 0 Å². The van der Waals surface area contributed by atoms with Crippen LogP contribution in [0.25, 0.3) is 0 Å². The first-order valence-electron chi connectivity index (χ1n) is 3.38. The van der Waals surface area contributed by atoms with Crippen molar-refractivity contribution in [3.63, 3.8) is 0 Å². The summed E-state index contributed by atoms with van der Waals surface area (Å²) in [6.07, 6.45) is -1.51. The van der Waals surface area contributed by atoms with Gasteiger partial charge in [-0.15, -0.1) is 0 Å². The molecular weight excluding hydrogens is 134 g/mol. The van der Waals surface area contributed by atoms with Gasteiger partial charge in [-0.1, -0.05) is 0 Å². The predicted molar refractivity (Wildman–Crippen MR) is 35.2 cm³/mol. The van der Waals surface area contributed by atoms with Crippen LogP contribution in [-0.4, -0.2) is 34.8 Å². The maximum absolute atomic E-state index is 9.20. The summed E-state index contributed by atoms with van der Waals surface area (Å²) in [4.78, 5) is 0. The van der Waals surface area contributed by atoms with Crippen molar-refractivity contribution in [2.75, 3.05) is 0 Å². The summed E-state index contributed by atoms with van der Waals surface area (Å²) >= 11 is 0. The molecule has 0 aromatic rings. The number of aliphatic hydroxyl groups is 2. The first-order chi connectivity index (χ1) is 4.61. The van der Waals surface area contributed by atoms with Crippen molar-refractivity contribution < 1.29 is 14.9 Å². The van der Waals surface area contributed by atoms with E-state index in [1.54, 1.807) is 6.92 Å². The van der Waals surface area contributed by atoms with Crippen LogP contribution in [0.3, 0.4) is 0 Å². The quantitative estimate of drug-likeness (QED) is 0.402. The average molecular weight is 147 g/mol. The summed E-state index contributed by atoms with van der Waals surface area (Å²) in [6, 6.07) is -0.362. The lowest BCUT2D eigenvalue weighted by Gasteiger charge is -2.33. The molecule has 4 N–H and O–H groups in total. The molecule has 60 valence electrons. The van der Waals surface area contributed by atoms with Gasteiger partial charge in [0.1, 0.15) is 0 Å². The summed E-state index contributed by atoms with van der Waals surface area (Å²) in [5.74, 6) is 0. The molecule has 1 aliphatic heterocycles. The Hall–Kier alpha value is -0.160. The fourth-order valence-corrected chi connectivity index (χ4v) is 1.10. The molecule has 4 heteroatoms. The van der Waals surface area contributed by atoms with Crippen LogP contribution < -0.4 is 5.73 Å². The molecule has 4 atom stereocenters. The van der Waals surface area contributed by atoms with Crippen LogP contribution in [0.1, 0.15) is 13.3 Å². The number of hydrogen-bond acceptors (Lipinski definition) is 4. The maximum atomic E-state index is 9.20. The van der Waals surface area contributed by atoms with Crippen molar-refractivity contribution in [2.24, 2.45) is 5.73 Å². The van der Waals surface area contributed by atoms with Crippen molar-refractivity contribution in [3.8, 4) is 0 Å². The molecule has 1 saturated heterocycles. The molecular formula is C6H13NO3. The predicted octanol–water partition coefficient (Wildman–Crippen LogP) is -1.20. The molecule has 0 spiro atoms. The van der Waals surface area contributed by atoms with Crippen LogP contribution in [-0.2, 0) is 4.74 Å². The lowest BCUT2D eigenvalue weighted by molar-refractivity contribution is -0.198. The number of nitrogens with two attached hydrogens (primary N) is 1. The summed E-state index contributed by atoms with van der Waals surface area (Å²) in [6.45, 7) is 1.69. The van der Waals surface area contributed by atoms with Gasteiger partial charge < -0.3 is 20.7 Å². The summed E-state index contributed by atoms with van der Waals surface area (Å²) in [7, 11) is 0. The van der Waals surface area contributed by atoms with Crippen LogP contribution in [0.15, 0.2) is 0 Å². The lowest BCUT2D eigenvalue weighted by Crippen LogP contribution is -2.51. The summed E-state index contributed by atoms with van der Waals surface area (Å²) < 4.78 is 4.89. The third-order valence-corrected chi connectivity index (χ3v) is 1.77. The van der Waals surface area contributed by atoms with Gasteiger partial charge in [0.25, 0.3) is 0 Å². The van der Waals surface area contributed by atoms with Crippen molar-refractivity contribution >= 4 is 0 Å². The van der Waals surface area contributed by atoms with Crippen LogP contribution in [0.5, 0.6) is 0 Å². The standard InChI is InChI=1S/C6H13NO3/c1-3-6(9)4(7)2-5(8)10-3/h3-6,8-9H,2,7H2,1H3/t3-,4-,5?,6-/m1/s1. The normalized spacial score (nSPS) is 49.2. The topological polar surface area (TPSA) is 75.7 Å². The smallest absolute Gasteiger partial charge is 0.156 e. The zero-order chi connectivity index (χ0) is 7.72. The highest BCUT2D eigenvalue weighted by atomic mass is 16.6. The van der Waals surface area contributed by atoms with Gasteiger partial charge in [0.15, 0.2) is 6.29 Å². The molecule has 1 rings (SSSR count).